The molecule has 1 aliphatic carbocycles. The first-order valence-corrected chi connectivity index (χ1v) is 7.93. The zero-order valence-corrected chi connectivity index (χ0v) is 13.0. The average Bonchev–Trinajstić information content (AvgIpc) is 2.38. The Morgan fingerprint density at radius 3 is 2.58 bits per heavy atom. The molecule has 1 rings (SSSR count). The van der Waals surface area contributed by atoms with Gasteiger partial charge >= 0.3 is 0 Å². The Bertz CT molecular complexity index is 276. The molecular formula is C16H32N2O. The quantitative estimate of drug-likeness (QED) is 0.395. The van der Waals surface area contributed by atoms with Crippen LogP contribution >= 0.6 is 0 Å². The summed E-state index contributed by atoms with van der Waals surface area (Å²) in [7, 11) is 0. The third kappa shape index (κ3) is 5.52. The molecule has 0 bridgehead atoms. The van der Waals surface area contributed by atoms with E-state index in [1.807, 2.05) is 13.8 Å². The molecule has 0 amide bonds. The number of nitrogens with two attached hydrogens (primary N) is 1. The minimum Gasteiger partial charge on any atom is -0.387 e. The van der Waals surface area contributed by atoms with Crippen LogP contribution in [0.4, 0.5) is 0 Å². The van der Waals surface area contributed by atoms with Gasteiger partial charge < -0.3 is 10.5 Å². The minimum absolute atomic E-state index is 0.156. The molecule has 1 saturated carbocycles. The average molecular weight is 268 g/mol. The molecule has 19 heavy (non-hydrogen) atoms. The molecule has 1 aliphatic rings. The van der Waals surface area contributed by atoms with Crippen molar-refractivity contribution in [3.05, 3.63) is 0 Å². The van der Waals surface area contributed by atoms with Crippen LogP contribution < -0.4 is 5.73 Å². The largest absolute Gasteiger partial charge is 0.387 e. The second-order valence-electron chi connectivity index (χ2n) is 6.62. The summed E-state index contributed by atoms with van der Waals surface area (Å²) in [4.78, 5) is 0. The van der Waals surface area contributed by atoms with Crippen LogP contribution in [-0.2, 0) is 4.74 Å². The molecule has 3 nitrogen and oxygen atoms in total. The third-order valence-electron chi connectivity index (χ3n) is 4.62. The Morgan fingerprint density at radius 2 is 1.95 bits per heavy atom. The van der Waals surface area contributed by atoms with Gasteiger partial charge in [-0.25, -0.2) is 0 Å². The van der Waals surface area contributed by atoms with Crippen molar-refractivity contribution in [2.24, 2.45) is 17.1 Å². The van der Waals surface area contributed by atoms with Gasteiger partial charge in [0.25, 0.3) is 0 Å². The van der Waals surface area contributed by atoms with Gasteiger partial charge in [-0.2, -0.15) is 0 Å². The van der Waals surface area contributed by atoms with E-state index in [0.29, 0.717) is 11.9 Å². The molecule has 0 aromatic rings. The molecule has 3 N–H and O–H groups in total. The van der Waals surface area contributed by atoms with Gasteiger partial charge in [0.15, 0.2) is 0 Å². The van der Waals surface area contributed by atoms with Crippen LogP contribution in [-0.4, -0.2) is 18.5 Å². The summed E-state index contributed by atoms with van der Waals surface area (Å²) in [6.45, 7) is 7.24. The maximum Gasteiger partial charge on any atom is 0.0963 e. The summed E-state index contributed by atoms with van der Waals surface area (Å²) < 4.78 is 6.08. The van der Waals surface area contributed by atoms with Crippen molar-refractivity contribution in [2.45, 2.75) is 78.2 Å². The van der Waals surface area contributed by atoms with Crippen molar-refractivity contribution in [1.29, 1.82) is 5.41 Å². The predicted molar refractivity (Wildman–Crippen MR) is 81.5 cm³/mol. The van der Waals surface area contributed by atoms with Crippen molar-refractivity contribution in [3.63, 3.8) is 0 Å². The van der Waals surface area contributed by atoms with E-state index < -0.39 is 0 Å². The van der Waals surface area contributed by atoms with Gasteiger partial charge in [-0.05, 0) is 31.6 Å². The number of rotatable bonds is 8. The van der Waals surface area contributed by atoms with E-state index in [2.05, 4.69) is 6.92 Å². The smallest absolute Gasteiger partial charge is 0.0963 e. The standard InChI is InChI=1S/C16H32N2O/c1-4-13-9-5-6-10-14(13)19-12-8-7-11-16(2,3)15(17)18/h13-14H,4-12H2,1-3H3,(H3,17,18). The Hall–Kier alpha value is -0.570. The molecule has 0 radical (unpaired) electrons. The van der Waals surface area contributed by atoms with Crippen LogP contribution in [0.2, 0.25) is 0 Å². The molecule has 1 fully saturated rings. The number of unbranched alkanes of at least 4 members (excludes halogenated alkanes) is 1. The fourth-order valence-electron chi connectivity index (χ4n) is 2.90. The Balaban J connectivity index is 2.15. The first kappa shape index (κ1) is 16.5. The highest BCUT2D eigenvalue weighted by Gasteiger charge is 2.24. The second-order valence-corrected chi connectivity index (χ2v) is 6.62. The van der Waals surface area contributed by atoms with Crippen molar-refractivity contribution in [1.82, 2.24) is 0 Å². The zero-order chi connectivity index (χ0) is 14.3. The molecule has 0 aromatic heterocycles. The summed E-state index contributed by atoms with van der Waals surface area (Å²) in [5, 5.41) is 7.54. The topological polar surface area (TPSA) is 59.1 Å². The first-order valence-electron chi connectivity index (χ1n) is 7.93. The van der Waals surface area contributed by atoms with Gasteiger partial charge in [0.2, 0.25) is 0 Å². The molecule has 3 heteroatoms. The number of amidine groups is 1. The Labute approximate surface area is 118 Å². The van der Waals surface area contributed by atoms with Gasteiger partial charge in [0.1, 0.15) is 0 Å². The van der Waals surface area contributed by atoms with Gasteiger partial charge in [0.05, 0.1) is 11.9 Å². The van der Waals surface area contributed by atoms with Crippen LogP contribution in [0.15, 0.2) is 0 Å². The van der Waals surface area contributed by atoms with E-state index in [0.717, 1.165) is 31.8 Å². The molecule has 0 aliphatic heterocycles. The number of hydrogen-bond acceptors (Lipinski definition) is 2. The molecule has 0 saturated heterocycles. The van der Waals surface area contributed by atoms with E-state index in [1.165, 1.54) is 32.1 Å². The van der Waals surface area contributed by atoms with Crippen LogP contribution in [0.5, 0.6) is 0 Å². The van der Waals surface area contributed by atoms with Gasteiger partial charge in [-0.15, -0.1) is 0 Å². The van der Waals surface area contributed by atoms with Gasteiger partial charge in [-0.1, -0.05) is 46.5 Å². The second kappa shape index (κ2) is 7.88. The molecule has 0 spiro atoms. The molecule has 2 atom stereocenters. The van der Waals surface area contributed by atoms with Crippen molar-refractivity contribution < 1.29 is 4.74 Å². The SMILES string of the molecule is CCC1CCCCC1OCCCCC(C)(C)C(=N)N. The lowest BCUT2D eigenvalue weighted by molar-refractivity contribution is -0.0138. The summed E-state index contributed by atoms with van der Waals surface area (Å²) in [5.74, 6) is 1.08. The molecular weight excluding hydrogens is 236 g/mol. The molecule has 2 unspecified atom stereocenters. The monoisotopic (exact) mass is 268 g/mol. The number of hydrogen-bond donors (Lipinski definition) is 2. The summed E-state index contributed by atoms with van der Waals surface area (Å²) in [5.41, 5.74) is 5.43. The van der Waals surface area contributed by atoms with E-state index in [4.69, 9.17) is 15.9 Å². The first-order chi connectivity index (χ1) is 8.97. The van der Waals surface area contributed by atoms with Crippen molar-refractivity contribution >= 4 is 5.84 Å². The van der Waals surface area contributed by atoms with Gasteiger partial charge in [-0.3, -0.25) is 5.41 Å². The maximum absolute atomic E-state index is 7.54. The normalized spacial score (nSPS) is 24.4. The van der Waals surface area contributed by atoms with Crippen LogP contribution in [0.3, 0.4) is 0 Å². The van der Waals surface area contributed by atoms with Crippen LogP contribution in [0.1, 0.15) is 72.1 Å². The number of ether oxygens (including phenoxy) is 1. The highest BCUT2D eigenvalue weighted by atomic mass is 16.5. The molecule has 0 heterocycles. The maximum atomic E-state index is 7.54. The van der Waals surface area contributed by atoms with E-state index in [9.17, 15) is 0 Å². The van der Waals surface area contributed by atoms with Crippen molar-refractivity contribution in [3.8, 4) is 0 Å². The van der Waals surface area contributed by atoms with Crippen LogP contribution in [0.25, 0.3) is 0 Å². The molecule has 0 aromatic carbocycles. The lowest BCUT2D eigenvalue weighted by atomic mass is 9.84. The molecule has 112 valence electrons. The predicted octanol–water partition coefficient (Wildman–Crippen LogP) is 4.10. The highest BCUT2D eigenvalue weighted by molar-refractivity contribution is 5.82. The highest BCUT2D eigenvalue weighted by Crippen LogP contribution is 2.29. The van der Waals surface area contributed by atoms with E-state index >= 15 is 0 Å². The summed E-state index contributed by atoms with van der Waals surface area (Å²) in [6, 6.07) is 0. The lowest BCUT2D eigenvalue weighted by Gasteiger charge is -2.31. The number of nitrogens with one attached hydrogen (secondary N) is 1. The fourth-order valence-corrected chi connectivity index (χ4v) is 2.90. The van der Waals surface area contributed by atoms with E-state index in [1.54, 1.807) is 0 Å². The fraction of sp³-hybridized carbons (Fsp3) is 0.938. The third-order valence-corrected chi connectivity index (χ3v) is 4.62. The zero-order valence-electron chi connectivity index (χ0n) is 13.0. The minimum atomic E-state index is -0.156. The Morgan fingerprint density at radius 1 is 1.26 bits per heavy atom. The summed E-state index contributed by atoms with van der Waals surface area (Å²) in [6.07, 6.45) is 10.2. The summed E-state index contributed by atoms with van der Waals surface area (Å²) >= 11 is 0. The lowest BCUT2D eigenvalue weighted by Crippen LogP contribution is -2.31. The van der Waals surface area contributed by atoms with Crippen LogP contribution in [0, 0.1) is 16.7 Å². The van der Waals surface area contributed by atoms with Crippen molar-refractivity contribution in [2.75, 3.05) is 6.61 Å². The van der Waals surface area contributed by atoms with E-state index in [-0.39, 0.29) is 5.41 Å². The Kier molecular flexibility index (Phi) is 6.84. The van der Waals surface area contributed by atoms with Gasteiger partial charge in [0, 0.05) is 12.0 Å².